The number of nitriles is 1. The van der Waals surface area contributed by atoms with E-state index in [0.29, 0.717) is 23.6 Å². The number of halogens is 1. The highest BCUT2D eigenvalue weighted by atomic mass is 35.5. The Morgan fingerprint density at radius 1 is 1.43 bits per heavy atom. The number of hydrogen-bond donors (Lipinski definition) is 1. The highest BCUT2D eigenvalue weighted by molar-refractivity contribution is 6.33. The standard InChI is InChI=1S/C17H20ClN3O2/c1-9(2)15-16-13(22)6-7-20(16)17(23)21(15)12-5-4-11(8-19)14(18)10(12)3/h4-5,9,13,15-16,22H,6-7H2,1-3H3/t13-,15-,16+/m1/s1. The molecule has 0 unspecified atom stereocenters. The van der Waals surface area contributed by atoms with Gasteiger partial charge in [0, 0.05) is 6.54 Å². The minimum Gasteiger partial charge on any atom is -0.391 e. The second-order valence-electron chi connectivity index (χ2n) is 6.61. The monoisotopic (exact) mass is 333 g/mol. The summed E-state index contributed by atoms with van der Waals surface area (Å²) in [5, 5.41) is 19.8. The van der Waals surface area contributed by atoms with Crippen molar-refractivity contribution in [1.29, 1.82) is 5.26 Å². The van der Waals surface area contributed by atoms with Crippen molar-refractivity contribution in [2.24, 2.45) is 5.92 Å². The van der Waals surface area contributed by atoms with Gasteiger partial charge in [-0.05, 0) is 37.0 Å². The summed E-state index contributed by atoms with van der Waals surface area (Å²) >= 11 is 6.28. The molecule has 1 aromatic carbocycles. The Bertz CT molecular complexity index is 698. The van der Waals surface area contributed by atoms with Gasteiger partial charge in [0.15, 0.2) is 0 Å². The molecule has 3 atom stereocenters. The van der Waals surface area contributed by atoms with Gasteiger partial charge in [0.1, 0.15) is 6.07 Å². The van der Waals surface area contributed by atoms with Crippen molar-refractivity contribution in [3.63, 3.8) is 0 Å². The predicted molar refractivity (Wildman–Crippen MR) is 88.5 cm³/mol. The van der Waals surface area contributed by atoms with E-state index in [0.717, 1.165) is 11.3 Å². The van der Waals surface area contributed by atoms with E-state index >= 15 is 0 Å². The van der Waals surface area contributed by atoms with Gasteiger partial charge in [-0.1, -0.05) is 25.4 Å². The third-order valence-electron chi connectivity index (χ3n) is 4.94. The Kier molecular flexibility index (Phi) is 3.99. The molecular formula is C17H20ClN3O2. The average molecular weight is 334 g/mol. The molecule has 0 aromatic heterocycles. The van der Waals surface area contributed by atoms with Crippen LogP contribution < -0.4 is 4.90 Å². The van der Waals surface area contributed by atoms with Crippen LogP contribution >= 0.6 is 11.6 Å². The van der Waals surface area contributed by atoms with Crippen molar-refractivity contribution < 1.29 is 9.90 Å². The second-order valence-corrected chi connectivity index (χ2v) is 6.99. The summed E-state index contributed by atoms with van der Waals surface area (Å²) in [6.07, 6.45) is 0.131. The topological polar surface area (TPSA) is 67.6 Å². The number of amides is 2. The molecule has 122 valence electrons. The Balaban J connectivity index is 2.10. The van der Waals surface area contributed by atoms with Crippen LogP contribution in [0.2, 0.25) is 5.02 Å². The maximum absolute atomic E-state index is 12.9. The minimum atomic E-state index is -0.495. The number of aliphatic hydroxyl groups excluding tert-OH is 1. The lowest BCUT2D eigenvalue weighted by Gasteiger charge is -2.31. The van der Waals surface area contributed by atoms with Gasteiger partial charge < -0.3 is 10.0 Å². The number of anilines is 1. The number of carbonyl (C=O) groups is 1. The fraction of sp³-hybridized carbons (Fsp3) is 0.529. The lowest BCUT2D eigenvalue weighted by molar-refractivity contribution is 0.122. The molecule has 2 aliphatic heterocycles. The van der Waals surface area contributed by atoms with Crippen LogP contribution in [0.5, 0.6) is 0 Å². The largest absolute Gasteiger partial charge is 0.391 e. The number of carbonyl (C=O) groups excluding carboxylic acids is 1. The molecule has 5 nitrogen and oxygen atoms in total. The zero-order valence-corrected chi connectivity index (χ0v) is 14.2. The quantitative estimate of drug-likeness (QED) is 0.904. The van der Waals surface area contributed by atoms with E-state index in [1.54, 1.807) is 21.9 Å². The average Bonchev–Trinajstić information content (AvgIpc) is 3.01. The number of hydrogen-bond acceptors (Lipinski definition) is 3. The molecule has 0 spiro atoms. The highest BCUT2D eigenvalue weighted by Gasteiger charge is 2.53. The molecule has 1 N–H and O–H groups in total. The number of fused-ring (bicyclic) bond motifs is 1. The fourth-order valence-electron chi connectivity index (χ4n) is 3.83. The lowest BCUT2D eigenvalue weighted by Crippen LogP contribution is -2.45. The summed E-state index contributed by atoms with van der Waals surface area (Å²) in [6, 6.07) is 5.11. The van der Waals surface area contributed by atoms with Gasteiger partial charge in [-0.25, -0.2) is 4.79 Å². The van der Waals surface area contributed by atoms with Gasteiger partial charge in [-0.2, -0.15) is 5.26 Å². The van der Waals surface area contributed by atoms with E-state index in [2.05, 4.69) is 19.9 Å². The van der Waals surface area contributed by atoms with Gasteiger partial charge in [0.2, 0.25) is 0 Å². The molecule has 0 aliphatic carbocycles. The highest BCUT2D eigenvalue weighted by Crippen LogP contribution is 2.41. The van der Waals surface area contributed by atoms with E-state index in [-0.39, 0.29) is 24.0 Å². The van der Waals surface area contributed by atoms with Crippen LogP contribution in [0.3, 0.4) is 0 Å². The summed E-state index contributed by atoms with van der Waals surface area (Å²) < 4.78 is 0. The first kappa shape index (κ1) is 16.1. The van der Waals surface area contributed by atoms with Crippen LogP contribution in [0.4, 0.5) is 10.5 Å². The van der Waals surface area contributed by atoms with Crippen LogP contribution in [0, 0.1) is 24.2 Å². The summed E-state index contributed by atoms with van der Waals surface area (Å²) in [6.45, 7) is 6.51. The SMILES string of the molecule is Cc1c(N2C(=O)N3CC[C@@H](O)[C@H]3[C@H]2C(C)C)ccc(C#N)c1Cl. The number of nitrogens with zero attached hydrogens (tertiary/aromatic N) is 3. The van der Waals surface area contributed by atoms with E-state index in [1.807, 2.05) is 6.92 Å². The van der Waals surface area contributed by atoms with Crippen LogP contribution in [0.15, 0.2) is 12.1 Å². The van der Waals surface area contributed by atoms with Gasteiger partial charge >= 0.3 is 6.03 Å². The predicted octanol–water partition coefficient (Wildman–Crippen LogP) is 2.92. The molecule has 2 amide bonds. The molecule has 3 rings (SSSR count). The number of urea groups is 1. The van der Waals surface area contributed by atoms with Crippen molar-refractivity contribution >= 4 is 23.3 Å². The molecule has 2 saturated heterocycles. The first-order valence-electron chi connectivity index (χ1n) is 7.85. The summed E-state index contributed by atoms with van der Waals surface area (Å²) in [7, 11) is 0. The van der Waals surface area contributed by atoms with Crippen LogP contribution in [-0.4, -0.2) is 40.8 Å². The third kappa shape index (κ3) is 2.29. The Morgan fingerprint density at radius 2 is 2.13 bits per heavy atom. The van der Waals surface area contributed by atoms with Gasteiger partial charge in [0.05, 0.1) is 34.5 Å². The smallest absolute Gasteiger partial charge is 0.325 e. The fourth-order valence-corrected chi connectivity index (χ4v) is 4.03. The number of benzene rings is 1. The molecule has 23 heavy (non-hydrogen) atoms. The molecule has 1 aromatic rings. The van der Waals surface area contributed by atoms with Crippen molar-refractivity contribution in [2.75, 3.05) is 11.4 Å². The first-order valence-corrected chi connectivity index (χ1v) is 8.23. The van der Waals surface area contributed by atoms with Crippen LogP contribution in [0.25, 0.3) is 0 Å². The maximum Gasteiger partial charge on any atom is 0.325 e. The Hall–Kier alpha value is -1.77. The van der Waals surface area contributed by atoms with Gasteiger partial charge in [0.25, 0.3) is 0 Å². The summed E-state index contributed by atoms with van der Waals surface area (Å²) in [4.78, 5) is 16.4. The van der Waals surface area contributed by atoms with E-state index in [9.17, 15) is 9.90 Å². The lowest BCUT2D eigenvalue weighted by atomic mass is 9.92. The molecule has 0 bridgehead atoms. The molecule has 0 radical (unpaired) electrons. The molecule has 2 heterocycles. The van der Waals surface area contributed by atoms with Gasteiger partial charge in [-0.3, -0.25) is 4.90 Å². The third-order valence-corrected chi connectivity index (χ3v) is 5.43. The van der Waals surface area contributed by atoms with Gasteiger partial charge in [-0.15, -0.1) is 0 Å². The molecule has 0 saturated carbocycles. The van der Waals surface area contributed by atoms with Crippen molar-refractivity contribution in [3.8, 4) is 6.07 Å². The van der Waals surface area contributed by atoms with E-state index in [1.165, 1.54) is 0 Å². The molecular weight excluding hydrogens is 314 g/mol. The normalized spacial score (nSPS) is 26.8. The molecule has 6 heteroatoms. The van der Waals surface area contributed by atoms with E-state index in [4.69, 9.17) is 16.9 Å². The van der Waals surface area contributed by atoms with Crippen molar-refractivity contribution in [3.05, 3.63) is 28.3 Å². The maximum atomic E-state index is 12.9. The zero-order chi connectivity index (χ0) is 16.9. The van der Waals surface area contributed by atoms with Crippen LogP contribution in [-0.2, 0) is 0 Å². The van der Waals surface area contributed by atoms with Crippen LogP contribution in [0.1, 0.15) is 31.4 Å². The first-order chi connectivity index (χ1) is 10.9. The Labute approximate surface area is 141 Å². The molecule has 2 aliphatic rings. The summed E-state index contributed by atoms with van der Waals surface area (Å²) in [5.41, 5.74) is 1.85. The number of aliphatic hydroxyl groups is 1. The van der Waals surface area contributed by atoms with E-state index < -0.39 is 6.10 Å². The number of rotatable bonds is 2. The van der Waals surface area contributed by atoms with Crippen molar-refractivity contribution in [1.82, 2.24) is 4.90 Å². The Morgan fingerprint density at radius 3 is 2.74 bits per heavy atom. The van der Waals surface area contributed by atoms with Crippen molar-refractivity contribution in [2.45, 2.75) is 45.4 Å². The molecule has 2 fully saturated rings. The minimum absolute atomic E-state index is 0.0888. The zero-order valence-electron chi connectivity index (χ0n) is 13.5. The second kappa shape index (κ2) is 5.70. The summed E-state index contributed by atoms with van der Waals surface area (Å²) in [5.74, 6) is 0.190.